The first kappa shape index (κ1) is 16.8. The van der Waals surface area contributed by atoms with Gasteiger partial charge in [0.15, 0.2) is 0 Å². The van der Waals surface area contributed by atoms with Crippen molar-refractivity contribution in [1.82, 2.24) is 10.3 Å². The van der Waals surface area contributed by atoms with Gasteiger partial charge in [-0.15, -0.1) is 11.3 Å². The van der Waals surface area contributed by atoms with E-state index in [9.17, 15) is 9.90 Å². The third-order valence-corrected chi connectivity index (χ3v) is 4.95. The Kier molecular flexibility index (Phi) is 5.42. The number of aryl methyl sites for hydroxylation is 2. The van der Waals surface area contributed by atoms with Gasteiger partial charge in [0.25, 0.3) is 0 Å². The largest absolute Gasteiger partial charge is 0.506 e. The van der Waals surface area contributed by atoms with Crippen molar-refractivity contribution >= 4 is 28.8 Å². The maximum absolute atomic E-state index is 12.2. The molecule has 0 aliphatic rings. The summed E-state index contributed by atoms with van der Waals surface area (Å²) in [7, 11) is 0. The predicted molar refractivity (Wildman–Crippen MR) is 89.6 cm³/mol. The number of nitrogens with one attached hydrogen (secondary N) is 1. The van der Waals surface area contributed by atoms with E-state index in [1.165, 1.54) is 10.9 Å². The maximum atomic E-state index is 12.2. The van der Waals surface area contributed by atoms with Gasteiger partial charge >= 0.3 is 0 Å². The number of carbonyl (C=O) groups is 1. The minimum atomic E-state index is -0.0842. The van der Waals surface area contributed by atoms with Crippen LogP contribution in [0, 0.1) is 13.8 Å². The molecule has 1 aromatic carbocycles. The number of phenols is 1. The molecule has 0 bridgehead atoms. The molecule has 0 saturated carbocycles. The molecule has 2 aromatic rings. The number of aromatic nitrogens is 1. The monoisotopic (exact) mass is 338 g/mol. The summed E-state index contributed by atoms with van der Waals surface area (Å²) in [6.07, 6.45) is 1.01. The number of hydrogen-bond acceptors (Lipinski definition) is 4. The van der Waals surface area contributed by atoms with Crippen LogP contribution < -0.4 is 5.32 Å². The standard InChI is InChI=1S/C16H19ClN2O2S/c1-4-13(16-18-9(2)10(3)22-16)19-15(21)8-11-5-6-14(20)12(17)7-11/h5-7,13,20H,4,8H2,1-3H3,(H,19,21)/t13-/m0/s1. The number of carbonyl (C=O) groups excluding carboxylic acids is 1. The lowest BCUT2D eigenvalue weighted by atomic mass is 10.1. The molecule has 1 heterocycles. The second-order valence-corrected chi connectivity index (χ2v) is 6.83. The van der Waals surface area contributed by atoms with Crippen molar-refractivity contribution < 1.29 is 9.90 Å². The van der Waals surface area contributed by atoms with Crippen LogP contribution in [0.5, 0.6) is 5.75 Å². The van der Waals surface area contributed by atoms with Gasteiger partial charge in [-0.1, -0.05) is 24.6 Å². The van der Waals surface area contributed by atoms with Gasteiger partial charge in [0.2, 0.25) is 5.91 Å². The number of benzene rings is 1. The Morgan fingerprint density at radius 2 is 2.18 bits per heavy atom. The number of nitrogens with zero attached hydrogens (tertiary/aromatic N) is 1. The Morgan fingerprint density at radius 1 is 1.45 bits per heavy atom. The molecular formula is C16H19ClN2O2S. The first-order chi connectivity index (χ1) is 10.4. The fourth-order valence-electron chi connectivity index (χ4n) is 2.08. The molecule has 2 N–H and O–H groups in total. The molecule has 1 aromatic heterocycles. The number of aromatic hydroxyl groups is 1. The predicted octanol–water partition coefficient (Wildman–Crippen LogP) is 3.93. The van der Waals surface area contributed by atoms with Gasteiger partial charge in [0, 0.05) is 4.88 Å². The molecule has 1 atom stereocenters. The van der Waals surface area contributed by atoms with Crippen LogP contribution in [-0.2, 0) is 11.2 Å². The van der Waals surface area contributed by atoms with E-state index in [-0.39, 0.29) is 29.1 Å². The fraction of sp³-hybridized carbons (Fsp3) is 0.375. The van der Waals surface area contributed by atoms with Crippen molar-refractivity contribution in [2.45, 2.75) is 39.7 Å². The molecule has 0 spiro atoms. The van der Waals surface area contributed by atoms with E-state index >= 15 is 0 Å². The molecule has 0 aliphatic carbocycles. The zero-order chi connectivity index (χ0) is 16.3. The highest BCUT2D eigenvalue weighted by Crippen LogP contribution is 2.26. The van der Waals surface area contributed by atoms with Gasteiger partial charge in [0.05, 0.1) is 23.2 Å². The van der Waals surface area contributed by atoms with Crippen molar-refractivity contribution in [1.29, 1.82) is 0 Å². The third kappa shape index (κ3) is 3.99. The van der Waals surface area contributed by atoms with Crippen molar-refractivity contribution in [3.05, 3.63) is 44.4 Å². The van der Waals surface area contributed by atoms with E-state index in [4.69, 9.17) is 11.6 Å². The van der Waals surface area contributed by atoms with Gasteiger partial charge in [-0.2, -0.15) is 0 Å². The van der Waals surface area contributed by atoms with Crippen LogP contribution >= 0.6 is 22.9 Å². The SMILES string of the molecule is CC[C@H](NC(=O)Cc1ccc(O)c(Cl)c1)c1nc(C)c(C)s1. The van der Waals surface area contributed by atoms with Gasteiger partial charge in [-0.05, 0) is 38.0 Å². The minimum Gasteiger partial charge on any atom is -0.506 e. The summed E-state index contributed by atoms with van der Waals surface area (Å²) >= 11 is 7.48. The lowest BCUT2D eigenvalue weighted by molar-refractivity contribution is -0.121. The average molecular weight is 339 g/mol. The second-order valence-electron chi connectivity index (χ2n) is 5.18. The second kappa shape index (κ2) is 7.11. The average Bonchev–Trinajstić information content (AvgIpc) is 2.80. The maximum Gasteiger partial charge on any atom is 0.224 e. The van der Waals surface area contributed by atoms with E-state index in [0.29, 0.717) is 0 Å². The van der Waals surface area contributed by atoms with Crippen molar-refractivity contribution in [3.63, 3.8) is 0 Å². The van der Waals surface area contributed by atoms with E-state index in [0.717, 1.165) is 22.7 Å². The third-order valence-electron chi connectivity index (χ3n) is 3.46. The zero-order valence-corrected chi connectivity index (χ0v) is 14.4. The summed E-state index contributed by atoms with van der Waals surface area (Å²) in [6.45, 7) is 6.03. The smallest absolute Gasteiger partial charge is 0.224 e. The van der Waals surface area contributed by atoms with E-state index in [2.05, 4.69) is 10.3 Å². The lowest BCUT2D eigenvalue weighted by Gasteiger charge is -2.14. The molecule has 118 valence electrons. The Bertz CT molecular complexity index is 665. The number of phenolic OH excluding ortho intramolecular Hbond substituents is 1. The van der Waals surface area contributed by atoms with Gasteiger partial charge < -0.3 is 10.4 Å². The first-order valence-electron chi connectivity index (χ1n) is 7.11. The summed E-state index contributed by atoms with van der Waals surface area (Å²) in [5.41, 5.74) is 1.78. The number of hydrogen-bond donors (Lipinski definition) is 2. The molecule has 0 aliphatic heterocycles. The van der Waals surface area contributed by atoms with Crippen LogP contribution in [0.3, 0.4) is 0 Å². The van der Waals surface area contributed by atoms with Crippen molar-refractivity contribution in [2.75, 3.05) is 0 Å². The Labute approximate surface area is 139 Å². The molecule has 0 saturated heterocycles. The van der Waals surface area contributed by atoms with Crippen molar-refractivity contribution in [3.8, 4) is 5.75 Å². The lowest BCUT2D eigenvalue weighted by Crippen LogP contribution is -2.29. The van der Waals surface area contributed by atoms with Crippen LogP contribution in [0.4, 0.5) is 0 Å². The van der Waals surface area contributed by atoms with E-state index < -0.39 is 0 Å². The summed E-state index contributed by atoms with van der Waals surface area (Å²) in [6, 6.07) is 4.72. The number of halogens is 1. The molecule has 1 amide bonds. The fourth-order valence-corrected chi connectivity index (χ4v) is 3.34. The summed E-state index contributed by atoms with van der Waals surface area (Å²) in [4.78, 5) is 17.9. The summed E-state index contributed by atoms with van der Waals surface area (Å²) in [5.74, 6) is -0.0647. The van der Waals surface area contributed by atoms with E-state index in [1.54, 1.807) is 23.5 Å². The molecule has 6 heteroatoms. The summed E-state index contributed by atoms with van der Waals surface area (Å²) < 4.78 is 0. The Hall–Kier alpha value is -1.59. The van der Waals surface area contributed by atoms with Crippen LogP contribution in [-0.4, -0.2) is 16.0 Å². The van der Waals surface area contributed by atoms with Crippen molar-refractivity contribution in [2.24, 2.45) is 0 Å². The van der Waals surface area contributed by atoms with Gasteiger partial charge in [0.1, 0.15) is 10.8 Å². The van der Waals surface area contributed by atoms with Gasteiger partial charge in [-0.25, -0.2) is 4.98 Å². The topological polar surface area (TPSA) is 62.2 Å². The van der Waals surface area contributed by atoms with Crippen LogP contribution in [0.2, 0.25) is 5.02 Å². The molecule has 22 heavy (non-hydrogen) atoms. The quantitative estimate of drug-likeness (QED) is 0.868. The molecule has 4 nitrogen and oxygen atoms in total. The highest BCUT2D eigenvalue weighted by Gasteiger charge is 2.17. The number of amides is 1. The normalized spacial score (nSPS) is 12.2. The van der Waals surface area contributed by atoms with Crippen LogP contribution in [0.25, 0.3) is 0 Å². The van der Waals surface area contributed by atoms with E-state index in [1.807, 2.05) is 20.8 Å². The van der Waals surface area contributed by atoms with Gasteiger partial charge in [-0.3, -0.25) is 4.79 Å². The Morgan fingerprint density at radius 3 is 2.73 bits per heavy atom. The van der Waals surface area contributed by atoms with Crippen LogP contribution in [0.15, 0.2) is 18.2 Å². The molecular weight excluding hydrogens is 320 g/mol. The minimum absolute atomic E-state index is 0.0194. The highest BCUT2D eigenvalue weighted by atomic mass is 35.5. The molecule has 0 fully saturated rings. The highest BCUT2D eigenvalue weighted by molar-refractivity contribution is 7.11. The molecule has 0 unspecified atom stereocenters. The molecule has 0 radical (unpaired) electrons. The van der Waals surface area contributed by atoms with Crippen LogP contribution in [0.1, 0.15) is 40.5 Å². The molecule has 2 rings (SSSR count). The number of rotatable bonds is 5. The number of thiazole rings is 1. The first-order valence-corrected chi connectivity index (χ1v) is 8.30. The zero-order valence-electron chi connectivity index (χ0n) is 12.8. The summed E-state index contributed by atoms with van der Waals surface area (Å²) in [5, 5.41) is 13.6. The Balaban J connectivity index is 2.04.